The zero-order valence-electron chi connectivity index (χ0n) is 11.0. The van der Waals surface area contributed by atoms with Crippen LogP contribution in [0.4, 0.5) is 0 Å². The minimum absolute atomic E-state index is 0.0334. The van der Waals surface area contributed by atoms with Crippen LogP contribution in [-0.2, 0) is 0 Å². The van der Waals surface area contributed by atoms with Gasteiger partial charge in [-0.25, -0.2) is 0 Å². The minimum Gasteiger partial charge on any atom is -0.496 e. The van der Waals surface area contributed by atoms with Gasteiger partial charge >= 0.3 is 0 Å². The second kappa shape index (κ2) is 5.54. The number of methoxy groups -OCH3 is 1. The van der Waals surface area contributed by atoms with E-state index in [1.54, 1.807) is 31.4 Å². The van der Waals surface area contributed by atoms with Gasteiger partial charge in [-0.1, -0.05) is 0 Å². The summed E-state index contributed by atoms with van der Waals surface area (Å²) >= 11 is 1.37. The van der Waals surface area contributed by atoms with Crippen LogP contribution in [0.15, 0.2) is 29.6 Å². The van der Waals surface area contributed by atoms with E-state index in [2.05, 4.69) is 0 Å². The SMILES string of the molecule is COc1csc(C(=O)c2ccc3c(c2)OCCCO3)c1. The number of hydrogen-bond acceptors (Lipinski definition) is 5. The van der Waals surface area contributed by atoms with Gasteiger partial charge in [-0.2, -0.15) is 0 Å². The molecule has 0 saturated carbocycles. The van der Waals surface area contributed by atoms with Gasteiger partial charge in [0.05, 0.1) is 25.2 Å². The fraction of sp³-hybridized carbons (Fsp3) is 0.267. The molecule has 1 aromatic carbocycles. The van der Waals surface area contributed by atoms with Crippen LogP contribution in [0.25, 0.3) is 0 Å². The summed E-state index contributed by atoms with van der Waals surface area (Å²) in [4.78, 5) is 13.1. The standard InChI is InChI=1S/C15H14O4S/c1-17-11-8-14(20-9-11)15(16)10-3-4-12-13(7-10)19-6-2-5-18-12/h3-4,7-9H,2,5-6H2,1H3. The zero-order chi connectivity index (χ0) is 13.9. The number of hydrogen-bond donors (Lipinski definition) is 0. The smallest absolute Gasteiger partial charge is 0.203 e. The Kier molecular flexibility index (Phi) is 3.60. The van der Waals surface area contributed by atoms with Crippen molar-refractivity contribution in [3.05, 3.63) is 40.1 Å². The van der Waals surface area contributed by atoms with E-state index < -0.39 is 0 Å². The lowest BCUT2D eigenvalue weighted by Gasteiger charge is -2.08. The summed E-state index contributed by atoms with van der Waals surface area (Å²) in [5, 5.41) is 1.82. The van der Waals surface area contributed by atoms with Gasteiger partial charge in [-0.15, -0.1) is 11.3 Å². The quantitative estimate of drug-likeness (QED) is 0.815. The monoisotopic (exact) mass is 290 g/mol. The molecule has 0 saturated heterocycles. The first-order valence-electron chi connectivity index (χ1n) is 6.35. The topological polar surface area (TPSA) is 44.8 Å². The van der Waals surface area contributed by atoms with Crippen molar-refractivity contribution in [2.75, 3.05) is 20.3 Å². The third-order valence-electron chi connectivity index (χ3n) is 3.04. The molecule has 0 fully saturated rings. The summed E-state index contributed by atoms with van der Waals surface area (Å²) in [5.74, 6) is 2.00. The predicted molar refractivity (Wildman–Crippen MR) is 76.4 cm³/mol. The van der Waals surface area contributed by atoms with Crippen molar-refractivity contribution in [2.45, 2.75) is 6.42 Å². The Hall–Kier alpha value is -2.01. The first-order chi connectivity index (χ1) is 9.78. The van der Waals surface area contributed by atoms with Crippen LogP contribution in [0.1, 0.15) is 21.7 Å². The molecule has 1 aliphatic rings. The molecule has 3 rings (SSSR count). The molecule has 0 atom stereocenters. The highest BCUT2D eigenvalue weighted by Crippen LogP contribution is 2.32. The Morgan fingerprint density at radius 2 is 2.00 bits per heavy atom. The molecule has 0 unspecified atom stereocenters. The number of carbonyl (C=O) groups excluding carboxylic acids is 1. The first-order valence-corrected chi connectivity index (χ1v) is 7.23. The Morgan fingerprint density at radius 1 is 1.20 bits per heavy atom. The fourth-order valence-electron chi connectivity index (χ4n) is 1.99. The Morgan fingerprint density at radius 3 is 2.75 bits per heavy atom. The summed E-state index contributed by atoms with van der Waals surface area (Å²) in [5.41, 5.74) is 0.596. The number of thiophene rings is 1. The van der Waals surface area contributed by atoms with Crippen LogP contribution in [-0.4, -0.2) is 26.1 Å². The molecule has 0 amide bonds. The molecule has 20 heavy (non-hydrogen) atoms. The summed E-state index contributed by atoms with van der Waals surface area (Å²) in [6.45, 7) is 1.25. The van der Waals surface area contributed by atoms with Crippen molar-refractivity contribution < 1.29 is 19.0 Å². The maximum absolute atomic E-state index is 12.4. The Labute approximate surface area is 120 Å². The molecule has 2 heterocycles. The van der Waals surface area contributed by atoms with Crippen LogP contribution in [0.5, 0.6) is 17.2 Å². The molecule has 0 N–H and O–H groups in total. The molecule has 0 aliphatic carbocycles. The van der Waals surface area contributed by atoms with Crippen LogP contribution in [0.2, 0.25) is 0 Å². The van der Waals surface area contributed by atoms with Gasteiger partial charge in [0, 0.05) is 23.4 Å². The lowest BCUT2D eigenvalue weighted by atomic mass is 10.1. The summed E-state index contributed by atoms with van der Waals surface area (Å²) in [6.07, 6.45) is 0.847. The van der Waals surface area contributed by atoms with E-state index in [-0.39, 0.29) is 5.78 Å². The van der Waals surface area contributed by atoms with Crippen molar-refractivity contribution >= 4 is 17.1 Å². The van der Waals surface area contributed by atoms with Gasteiger partial charge in [0.25, 0.3) is 0 Å². The molecule has 1 aromatic heterocycles. The number of ether oxygens (including phenoxy) is 3. The predicted octanol–water partition coefficient (Wildman–Crippen LogP) is 3.15. The second-order valence-electron chi connectivity index (χ2n) is 4.39. The first kappa shape index (κ1) is 13.0. The lowest BCUT2D eigenvalue weighted by molar-refractivity contribution is 0.104. The number of ketones is 1. The maximum Gasteiger partial charge on any atom is 0.203 e. The molecular weight excluding hydrogens is 276 g/mol. The van der Waals surface area contributed by atoms with Crippen molar-refractivity contribution in [3.63, 3.8) is 0 Å². The van der Waals surface area contributed by atoms with Crippen molar-refractivity contribution in [1.29, 1.82) is 0 Å². The highest BCUT2D eigenvalue weighted by molar-refractivity contribution is 7.12. The minimum atomic E-state index is -0.0334. The number of carbonyl (C=O) groups is 1. The fourth-order valence-corrected chi connectivity index (χ4v) is 2.81. The highest BCUT2D eigenvalue weighted by atomic mass is 32.1. The summed E-state index contributed by atoms with van der Waals surface area (Å²) in [7, 11) is 1.59. The van der Waals surface area contributed by atoms with E-state index in [0.717, 1.165) is 6.42 Å². The van der Waals surface area contributed by atoms with Crippen molar-refractivity contribution in [3.8, 4) is 17.2 Å². The number of fused-ring (bicyclic) bond motifs is 1. The van der Waals surface area contributed by atoms with Crippen molar-refractivity contribution in [2.24, 2.45) is 0 Å². The summed E-state index contributed by atoms with van der Waals surface area (Å²) in [6, 6.07) is 7.05. The van der Waals surface area contributed by atoms with E-state index in [0.29, 0.717) is 40.9 Å². The van der Waals surface area contributed by atoms with Crippen LogP contribution in [0.3, 0.4) is 0 Å². The van der Waals surface area contributed by atoms with Gasteiger partial charge in [0.2, 0.25) is 5.78 Å². The zero-order valence-corrected chi connectivity index (χ0v) is 11.9. The largest absolute Gasteiger partial charge is 0.496 e. The lowest BCUT2D eigenvalue weighted by Crippen LogP contribution is -2.00. The normalized spacial score (nSPS) is 13.7. The van der Waals surface area contributed by atoms with Crippen LogP contribution in [0, 0.1) is 0 Å². The van der Waals surface area contributed by atoms with Gasteiger partial charge < -0.3 is 14.2 Å². The van der Waals surface area contributed by atoms with Crippen molar-refractivity contribution in [1.82, 2.24) is 0 Å². The van der Waals surface area contributed by atoms with E-state index in [1.165, 1.54) is 11.3 Å². The average molecular weight is 290 g/mol. The average Bonchev–Trinajstić information content (AvgIpc) is 2.84. The van der Waals surface area contributed by atoms with E-state index in [1.807, 2.05) is 5.38 Å². The van der Waals surface area contributed by atoms with Gasteiger partial charge in [0.1, 0.15) is 5.75 Å². The molecule has 2 aromatic rings. The van der Waals surface area contributed by atoms with E-state index in [9.17, 15) is 4.79 Å². The van der Waals surface area contributed by atoms with Gasteiger partial charge in [-0.05, 0) is 18.2 Å². The van der Waals surface area contributed by atoms with Gasteiger partial charge in [0.15, 0.2) is 11.5 Å². The molecule has 4 nitrogen and oxygen atoms in total. The molecule has 0 radical (unpaired) electrons. The highest BCUT2D eigenvalue weighted by Gasteiger charge is 2.16. The second-order valence-corrected chi connectivity index (χ2v) is 5.30. The Bertz CT molecular complexity index is 633. The molecule has 1 aliphatic heterocycles. The van der Waals surface area contributed by atoms with Gasteiger partial charge in [-0.3, -0.25) is 4.79 Å². The molecule has 104 valence electrons. The van der Waals surface area contributed by atoms with E-state index in [4.69, 9.17) is 14.2 Å². The van der Waals surface area contributed by atoms with Crippen LogP contribution >= 0.6 is 11.3 Å². The third kappa shape index (κ3) is 2.49. The number of rotatable bonds is 3. The molecule has 0 bridgehead atoms. The number of benzene rings is 1. The molecular formula is C15H14O4S. The van der Waals surface area contributed by atoms with Crippen LogP contribution < -0.4 is 14.2 Å². The third-order valence-corrected chi connectivity index (χ3v) is 3.95. The molecule has 5 heteroatoms. The molecule has 0 spiro atoms. The van der Waals surface area contributed by atoms with E-state index >= 15 is 0 Å². The Balaban J connectivity index is 1.90. The summed E-state index contributed by atoms with van der Waals surface area (Å²) < 4.78 is 16.3. The maximum atomic E-state index is 12.4.